The van der Waals surface area contributed by atoms with Crippen LogP contribution in [0, 0.1) is 6.92 Å². The summed E-state index contributed by atoms with van der Waals surface area (Å²) in [6, 6.07) is 17.5. The summed E-state index contributed by atoms with van der Waals surface area (Å²) in [5, 5.41) is 0. The Morgan fingerprint density at radius 1 is 1.11 bits per heavy atom. The minimum absolute atomic E-state index is 0.448. The van der Waals surface area contributed by atoms with Crippen molar-refractivity contribution in [2.75, 3.05) is 11.4 Å². The number of halogens is 1. The Morgan fingerprint density at radius 3 is 2.37 bits per heavy atom. The summed E-state index contributed by atoms with van der Waals surface area (Å²) in [5.41, 5.74) is 5.01. The maximum absolute atomic E-state index is 4.25. The summed E-state index contributed by atoms with van der Waals surface area (Å²) in [6.07, 6.45) is 0. The van der Waals surface area contributed by atoms with Crippen LogP contribution in [0.5, 0.6) is 0 Å². The molecule has 0 radical (unpaired) electrons. The van der Waals surface area contributed by atoms with E-state index in [-0.39, 0.29) is 0 Å². The van der Waals surface area contributed by atoms with Gasteiger partial charge in [0.15, 0.2) is 0 Å². The van der Waals surface area contributed by atoms with Crippen LogP contribution >= 0.6 is 15.9 Å². The van der Waals surface area contributed by atoms with Crippen molar-refractivity contribution in [3.05, 3.63) is 70.7 Å². The van der Waals surface area contributed by atoms with Gasteiger partial charge in [-0.25, -0.2) is 0 Å². The summed E-state index contributed by atoms with van der Waals surface area (Å²) in [4.78, 5) is 2.38. The first-order valence-electron chi connectivity index (χ1n) is 6.43. The minimum Gasteiger partial charge on any atom is -0.360 e. The number of hydrogen-bond acceptors (Lipinski definition) is 1. The number of rotatable bonds is 3. The first-order valence-corrected chi connectivity index (χ1v) is 7.22. The van der Waals surface area contributed by atoms with E-state index in [1.807, 2.05) is 0 Å². The summed E-state index contributed by atoms with van der Waals surface area (Å²) < 4.78 is 1.11. The average molecular weight is 314 g/mol. The lowest BCUT2D eigenvalue weighted by Gasteiger charge is -2.09. The van der Waals surface area contributed by atoms with E-state index in [4.69, 9.17) is 0 Å². The first-order chi connectivity index (χ1) is 9.15. The van der Waals surface area contributed by atoms with Gasteiger partial charge >= 0.3 is 0 Å². The molecule has 0 aliphatic carbocycles. The lowest BCUT2D eigenvalue weighted by Crippen LogP contribution is -2.01. The van der Waals surface area contributed by atoms with Crippen molar-refractivity contribution in [3.8, 4) is 0 Å². The average Bonchev–Trinajstić information content (AvgIpc) is 3.20. The van der Waals surface area contributed by atoms with Crippen molar-refractivity contribution in [1.82, 2.24) is 0 Å². The van der Waals surface area contributed by atoms with E-state index in [0.717, 1.165) is 11.0 Å². The van der Waals surface area contributed by atoms with Crippen molar-refractivity contribution >= 4 is 27.2 Å². The van der Waals surface area contributed by atoms with Crippen LogP contribution in [-0.4, -0.2) is 12.6 Å². The molecule has 1 aliphatic heterocycles. The van der Waals surface area contributed by atoms with Crippen molar-refractivity contribution < 1.29 is 0 Å². The van der Waals surface area contributed by atoms with Gasteiger partial charge in [-0.2, -0.15) is 0 Å². The van der Waals surface area contributed by atoms with Gasteiger partial charge in [0.05, 0.1) is 6.04 Å². The van der Waals surface area contributed by atoms with Crippen molar-refractivity contribution in [2.24, 2.45) is 0 Å². The zero-order valence-electron chi connectivity index (χ0n) is 10.9. The molecule has 0 saturated carbocycles. The Hall–Kier alpha value is -1.54. The highest BCUT2D eigenvalue weighted by molar-refractivity contribution is 9.10. The zero-order chi connectivity index (χ0) is 13.4. The van der Waals surface area contributed by atoms with Gasteiger partial charge in [0, 0.05) is 16.7 Å². The molecule has 2 aromatic rings. The van der Waals surface area contributed by atoms with Crippen LogP contribution in [0.15, 0.2) is 59.6 Å². The largest absolute Gasteiger partial charge is 0.360 e. The number of hydrogen-bond donors (Lipinski definition) is 0. The van der Waals surface area contributed by atoms with Gasteiger partial charge in [0.25, 0.3) is 0 Å². The van der Waals surface area contributed by atoms with Gasteiger partial charge in [-0.05, 0) is 42.3 Å². The van der Waals surface area contributed by atoms with E-state index in [2.05, 4.69) is 82.9 Å². The van der Waals surface area contributed by atoms with Crippen molar-refractivity contribution in [1.29, 1.82) is 0 Å². The van der Waals surface area contributed by atoms with Gasteiger partial charge in [0.1, 0.15) is 0 Å². The quantitative estimate of drug-likeness (QED) is 0.745. The second-order valence-electron chi connectivity index (χ2n) is 5.04. The van der Waals surface area contributed by atoms with Crippen molar-refractivity contribution in [3.63, 3.8) is 0 Å². The minimum atomic E-state index is 0.448. The molecular formula is C17H16BrN. The first kappa shape index (κ1) is 12.5. The maximum Gasteiger partial charge on any atom is 0.0718 e. The zero-order valence-corrected chi connectivity index (χ0v) is 12.5. The fourth-order valence-electron chi connectivity index (χ4n) is 2.32. The predicted octanol–water partition coefficient (Wildman–Crippen LogP) is 4.66. The highest BCUT2D eigenvalue weighted by Crippen LogP contribution is 2.36. The number of nitrogens with zero attached hydrogens (tertiary/aromatic N) is 1. The van der Waals surface area contributed by atoms with E-state index in [0.29, 0.717) is 6.04 Å². The molecule has 1 saturated heterocycles. The Bertz CT molecular complexity index is 598. The Labute approximate surface area is 122 Å². The van der Waals surface area contributed by atoms with E-state index in [9.17, 15) is 0 Å². The lowest BCUT2D eigenvalue weighted by atomic mass is 10.1. The second kappa shape index (κ2) is 4.86. The fourth-order valence-corrected chi connectivity index (χ4v) is 2.58. The Kier molecular flexibility index (Phi) is 3.19. The summed E-state index contributed by atoms with van der Waals surface area (Å²) in [6.45, 7) is 7.44. The molecule has 0 amide bonds. The molecule has 0 spiro atoms. The van der Waals surface area contributed by atoms with Crippen LogP contribution in [0.4, 0.5) is 5.69 Å². The topological polar surface area (TPSA) is 3.01 Å². The van der Waals surface area contributed by atoms with Crippen LogP contribution in [0.3, 0.4) is 0 Å². The Balaban J connectivity index is 1.74. The summed E-state index contributed by atoms with van der Waals surface area (Å²) in [7, 11) is 0. The molecule has 2 aromatic carbocycles. The van der Waals surface area contributed by atoms with Gasteiger partial charge < -0.3 is 4.90 Å². The van der Waals surface area contributed by atoms with Crippen LogP contribution < -0.4 is 4.90 Å². The van der Waals surface area contributed by atoms with E-state index in [1.54, 1.807) is 0 Å². The smallest absolute Gasteiger partial charge is 0.0718 e. The third-order valence-corrected chi connectivity index (χ3v) is 4.12. The highest BCUT2D eigenvalue weighted by atomic mass is 79.9. The molecule has 1 nitrogen and oxygen atoms in total. The highest BCUT2D eigenvalue weighted by Gasteiger charge is 2.36. The number of benzene rings is 2. The molecule has 1 atom stereocenters. The van der Waals surface area contributed by atoms with E-state index < -0.39 is 0 Å². The molecule has 2 heteroatoms. The molecule has 1 unspecified atom stereocenters. The van der Waals surface area contributed by atoms with E-state index >= 15 is 0 Å². The van der Waals surface area contributed by atoms with Gasteiger partial charge in [-0.3, -0.25) is 0 Å². The molecule has 0 bridgehead atoms. The molecule has 0 aromatic heterocycles. The molecule has 1 heterocycles. The van der Waals surface area contributed by atoms with Crippen LogP contribution in [0.2, 0.25) is 0 Å². The van der Waals surface area contributed by atoms with Crippen LogP contribution in [-0.2, 0) is 0 Å². The van der Waals surface area contributed by atoms with Crippen molar-refractivity contribution in [2.45, 2.75) is 13.0 Å². The molecule has 3 rings (SSSR count). The van der Waals surface area contributed by atoms with Gasteiger partial charge in [-0.15, -0.1) is 0 Å². The normalized spacial score (nSPS) is 17.4. The van der Waals surface area contributed by atoms with Gasteiger partial charge in [0.2, 0.25) is 0 Å². The number of anilines is 1. The standard InChI is InChI=1S/C17H16BrN/c1-12-3-9-16(10-4-12)19-11-17(19)13(2)14-5-7-15(18)8-6-14/h3-10,17H,2,11H2,1H3. The summed E-state index contributed by atoms with van der Waals surface area (Å²) in [5.74, 6) is 0. The summed E-state index contributed by atoms with van der Waals surface area (Å²) >= 11 is 3.46. The molecule has 19 heavy (non-hydrogen) atoms. The second-order valence-corrected chi connectivity index (χ2v) is 5.95. The van der Waals surface area contributed by atoms with Crippen LogP contribution in [0.1, 0.15) is 11.1 Å². The molecule has 96 valence electrons. The lowest BCUT2D eigenvalue weighted by molar-refractivity contribution is 1.27. The Morgan fingerprint density at radius 2 is 1.74 bits per heavy atom. The molecule has 1 aliphatic rings. The monoisotopic (exact) mass is 313 g/mol. The molecule has 0 N–H and O–H groups in total. The SMILES string of the molecule is C=C(c1ccc(Br)cc1)C1CN1c1ccc(C)cc1. The van der Waals surface area contributed by atoms with Crippen LogP contribution in [0.25, 0.3) is 5.57 Å². The van der Waals surface area contributed by atoms with Gasteiger partial charge in [-0.1, -0.05) is 52.3 Å². The third kappa shape index (κ3) is 2.59. The number of aryl methyl sites for hydroxylation is 1. The molecular weight excluding hydrogens is 298 g/mol. The maximum atomic E-state index is 4.25. The third-order valence-electron chi connectivity index (χ3n) is 3.60. The fraction of sp³-hybridized carbons (Fsp3) is 0.176. The predicted molar refractivity (Wildman–Crippen MR) is 85.5 cm³/mol. The molecule has 1 fully saturated rings. The van der Waals surface area contributed by atoms with E-state index in [1.165, 1.54) is 22.4 Å².